The van der Waals surface area contributed by atoms with Gasteiger partial charge in [-0.1, -0.05) is 42.0 Å². The van der Waals surface area contributed by atoms with Gasteiger partial charge in [0.05, 0.1) is 30.3 Å². The quantitative estimate of drug-likeness (QED) is 0.539. The molecule has 1 N–H and O–H groups in total. The molecule has 0 aliphatic rings. The third kappa shape index (κ3) is 5.46. The Morgan fingerprint density at radius 3 is 2.57 bits per heavy atom. The number of hydrogen-bond donors (Lipinski definition) is 1. The average molecular weight is 425 g/mol. The van der Waals surface area contributed by atoms with Gasteiger partial charge in [-0.05, 0) is 45.4 Å². The van der Waals surface area contributed by atoms with E-state index in [1.807, 2.05) is 38.1 Å². The Morgan fingerprint density at radius 2 is 1.87 bits per heavy atom. The van der Waals surface area contributed by atoms with Crippen LogP contribution < -0.4 is 10.1 Å². The third-order valence-corrected chi connectivity index (χ3v) is 6.28. The van der Waals surface area contributed by atoms with Crippen LogP contribution in [0.5, 0.6) is 5.75 Å². The second kappa shape index (κ2) is 9.87. The van der Waals surface area contributed by atoms with Gasteiger partial charge in [-0.2, -0.15) is 0 Å². The zero-order chi connectivity index (χ0) is 21.7. The van der Waals surface area contributed by atoms with E-state index in [0.29, 0.717) is 6.61 Å². The highest BCUT2D eigenvalue weighted by molar-refractivity contribution is 7.15. The predicted molar refractivity (Wildman–Crippen MR) is 121 cm³/mol. The molecule has 0 spiro atoms. The first-order valence-electron chi connectivity index (χ1n) is 9.96. The number of benzene rings is 2. The van der Waals surface area contributed by atoms with Gasteiger partial charge in [-0.15, -0.1) is 11.3 Å². The molecule has 2 atom stereocenters. The van der Waals surface area contributed by atoms with Crippen molar-refractivity contribution in [3.05, 3.63) is 70.2 Å². The van der Waals surface area contributed by atoms with E-state index in [4.69, 9.17) is 14.5 Å². The van der Waals surface area contributed by atoms with Gasteiger partial charge >= 0.3 is 0 Å². The molecular weight excluding hydrogens is 396 g/mol. The second-order valence-electron chi connectivity index (χ2n) is 7.37. The standard InChI is InChI=1S/C24H28N2O3S/c1-15-9-11-20(12-10-15)24-26-17(3)22(30-24)16(2)25-23(27)18(4)29-14-19-7-6-8-21(13-19)28-5/h6-13,16,18H,14H2,1-5H3,(H,25,27). The van der Waals surface area contributed by atoms with Crippen molar-refractivity contribution < 1.29 is 14.3 Å². The van der Waals surface area contributed by atoms with Crippen molar-refractivity contribution in [1.82, 2.24) is 10.3 Å². The number of ether oxygens (including phenoxy) is 2. The highest BCUT2D eigenvalue weighted by Gasteiger charge is 2.20. The zero-order valence-electron chi connectivity index (χ0n) is 18.1. The fraction of sp³-hybridized carbons (Fsp3) is 0.333. The lowest BCUT2D eigenvalue weighted by Crippen LogP contribution is -2.36. The molecule has 2 aromatic carbocycles. The number of methoxy groups -OCH3 is 1. The van der Waals surface area contributed by atoms with Crippen molar-refractivity contribution in [2.75, 3.05) is 7.11 Å². The number of hydrogen-bond acceptors (Lipinski definition) is 5. The average Bonchev–Trinajstić information content (AvgIpc) is 3.14. The van der Waals surface area contributed by atoms with Crippen molar-refractivity contribution in [1.29, 1.82) is 0 Å². The summed E-state index contributed by atoms with van der Waals surface area (Å²) in [4.78, 5) is 18.4. The van der Waals surface area contributed by atoms with Gasteiger partial charge in [0.15, 0.2) is 0 Å². The molecule has 0 radical (unpaired) electrons. The van der Waals surface area contributed by atoms with E-state index < -0.39 is 6.10 Å². The Kier molecular flexibility index (Phi) is 7.24. The van der Waals surface area contributed by atoms with Gasteiger partial charge in [-0.3, -0.25) is 4.79 Å². The van der Waals surface area contributed by atoms with E-state index in [-0.39, 0.29) is 11.9 Å². The Bertz CT molecular complexity index is 998. The van der Waals surface area contributed by atoms with Gasteiger partial charge in [0.1, 0.15) is 16.9 Å². The van der Waals surface area contributed by atoms with Crippen LogP contribution in [0.25, 0.3) is 10.6 Å². The molecule has 3 rings (SSSR count). The molecule has 5 nitrogen and oxygen atoms in total. The molecule has 0 aliphatic heterocycles. The van der Waals surface area contributed by atoms with E-state index in [2.05, 4.69) is 36.5 Å². The molecular formula is C24H28N2O3S. The minimum Gasteiger partial charge on any atom is -0.497 e. The van der Waals surface area contributed by atoms with Crippen molar-refractivity contribution in [2.45, 2.75) is 46.4 Å². The molecule has 1 aromatic heterocycles. The summed E-state index contributed by atoms with van der Waals surface area (Å²) in [5.41, 5.74) is 4.21. The first kappa shape index (κ1) is 22.0. The molecule has 0 saturated heterocycles. The van der Waals surface area contributed by atoms with Crippen LogP contribution in [0.3, 0.4) is 0 Å². The maximum absolute atomic E-state index is 12.6. The molecule has 1 amide bonds. The van der Waals surface area contributed by atoms with Crippen LogP contribution in [0.4, 0.5) is 0 Å². The van der Waals surface area contributed by atoms with Crippen LogP contribution in [0, 0.1) is 13.8 Å². The largest absolute Gasteiger partial charge is 0.497 e. The molecule has 1 heterocycles. The second-order valence-corrected chi connectivity index (χ2v) is 8.40. The van der Waals surface area contributed by atoms with Crippen LogP contribution in [-0.2, 0) is 16.1 Å². The predicted octanol–water partition coefficient (Wildman–Crippen LogP) is 5.22. The minimum atomic E-state index is -0.566. The molecule has 2 unspecified atom stereocenters. The Balaban J connectivity index is 1.60. The molecule has 0 fully saturated rings. The van der Waals surface area contributed by atoms with Crippen molar-refractivity contribution in [2.24, 2.45) is 0 Å². The number of nitrogens with zero attached hydrogens (tertiary/aromatic N) is 1. The Labute approximate surface area is 182 Å². The first-order valence-corrected chi connectivity index (χ1v) is 10.8. The summed E-state index contributed by atoms with van der Waals surface area (Å²) in [5.74, 6) is 0.627. The highest BCUT2D eigenvalue weighted by atomic mass is 32.1. The number of rotatable bonds is 8. The molecule has 3 aromatic rings. The summed E-state index contributed by atoms with van der Waals surface area (Å²) < 4.78 is 11.0. The summed E-state index contributed by atoms with van der Waals surface area (Å²) in [5, 5.41) is 4.02. The van der Waals surface area contributed by atoms with Crippen LogP contribution in [0.2, 0.25) is 0 Å². The van der Waals surface area contributed by atoms with E-state index in [1.54, 1.807) is 25.4 Å². The van der Waals surface area contributed by atoms with Gasteiger partial charge in [0.25, 0.3) is 0 Å². The lowest BCUT2D eigenvalue weighted by Gasteiger charge is -2.18. The number of nitrogens with one attached hydrogen (secondary N) is 1. The highest BCUT2D eigenvalue weighted by Crippen LogP contribution is 2.32. The van der Waals surface area contributed by atoms with Gasteiger partial charge in [0, 0.05) is 5.56 Å². The van der Waals surface area contributed by atoms with E-state index in [0.717, 1.165) is 32.5 Å². The third-order valence-electron chi connectivity index (χ3n) is 4.89. The molecule has 6 heteroatoms. The minimum absolute atomic E-state index is 0.142. The summed E-state index contributed by atoms with van der Waals surface area (Å²) in [6.07, 6.45) is -0.566. The summed E-state index contributed by atoms with van der Waals surface area (Å²) in [7, 11) is 1.63. The first-order chi connectivity index (χ1) is 14.4. The number of carbonyl (C=O) groups is 1. The van der Waals surface area contributed by atoms with Crippen LogP contribution in [0.15, 0.2) is 48.5 Å². The number of aryl methyl sites for hydroxylation is 2. The number of carbonyl (C=O) groups excluding carboxylic acids is 1. The zero-order valence-corrected chi connectivity index (χ0v) is 18.9. The molecule has 158 valence electrons. The smallest absolute Gasteiger partial charge is 0.249 e. The monoisotopic (exact) mass is 424 g/mol. The van der Waals surface area contributed by atoms with Crippen LogP contribution in [0.1, 0.15) is 41.6 Å². The van der Waals surface area contributed by atoms with E-state index in [1.165, 1.54) is 5.56 Å². The summed E-state index contributed by atoms with van der Waals surface area (Å²) in [6, 6.07) is 15.8. The molecule has 0 saturated carbocycles. The SMILES string of the molecule is COc1cccc(COC(C)C(=O)NC(C)c2sc(-c3ccc(C)cc3)nc2C)c1. The normalized spacial score (nSPS) is 13.0. The van der Waals surface area contributed by atoms with Gasteiger partial charge < -0.3 is 14.8 Å². The van der Waals surface area contributed by atoms with Crippen molar-refractivity contribution >= 4 is 17.2 Å². The molecule has 0 bridgehead atoms. The molecule has 0 aliphatic carbocycles. The topological polar surface area (TPSA) is 60.5 Å². The Hall–Kier alpha value is -2.70. The van der Waals surface area contributed by atoms with Crippen molar-refractivity contribution in [3.63, 3.8) is 0 Å². The summed E-state index contributed by atoms with van der Waals surface area (Å²) >= 11 is 1.61. The van der Waals surface area contributed by atoms with Crippen molar-refractivity contribution in [3.8, 4) is 16.3 Å². The number of thiazole rings is 1. The van der Waals surface area contributed by atoms with Gasteiger partial charge in [0.2, 0.25) is 5.91 Å². The number of aromatic nitrogens is 1. The Morgan fingerprint density at radius 1 is 1.13 bits per heavy atom. The maximum Gasteiger partial charge on any atom is 0.249 e. The fourth-order valence-electron chi connectivity index (χ4n) is 3.09. The van der Waals surface area contributed by atoms with Crippen LogP contribution >= 0.6 is 11.3 Å². The van der Waals surface area contributed by atoms with Crippen LogP contribution in [-0.4, -0.2) is 24.1 Å². The molecule has 30 heavy (non-hydrogen) atoms. The fourth-order valence-corrected chi connectivity index (χ4v) is 4.16. The number of amides is 1. The van der Waals surface area contributed by atoms with Gasteiger partial charge in [-0.25, -0.2) is 4.98 Å². The summed E-state index contributed by atoms with van der Waals surface area (Å²) in [6.45, 7) is 8.13. The van der Waals surface area contributed by atoms with E-state index >= 15 is 0 Å². The lowest BCUT2D eigenvalue weighted by molar-refractivity contribution is -0.133. The van der Waals surface area contributed by atoms with E-state index in [9.17, 15) is 4.79 Å². The lowest BCUT2D eigenvalue weighted by atomic mass is 10.2. The maximum atomic E-state index is 12.6.